The van der Waals surface area contributed by atoms with E-state index in [9.17, 15) is 0 Å². The first-order chi connectivity index (χ1) is 11.8. The van der Waals surface area contributed by atoms with Crippen molar-refractivity contribution in [2.45, 2.75) is 13.5 Å². The van der Waals surface area contributed by atoms with E-state index < -0.39 is 0 Å². The van der Waals surface area contributed by atoms with Crippen molar-refractivity contribution in [1.29, 1.82) is 0 Å². The summed E-state index contributed by atoms with van der Waals surface area (Å²) in [5.41, 5.74) is 2.00. The third kappa shape index (κ3) is 3.00. The topological polar surface area (TPSA) is 77.3 Å². The summed E-state index contributed by atoms with van der Waals surface area (Å²) in [7, 11) is 0. The molecule has 1 saturated heterocycles. The smallest absolute Gasteiger partial charge is 0.250 e. The van der Waals surface area contributed by atoms with Gasteiger partial charge < -0.3 is 14.3 Å². The molecule has 2 aromatic heterocycles. The molecule has 0 amide bonds. The molecule has 0 saturated carbocycles. The van der Waals surface area contributed by atoms with Crippen molar-refractivity contribution in [3.63, 3.8) is 0 Å². The summed E-state index contributed by atoms with van der Waals surface area (Å²) in [6.07, 6.45) is 0. The second kappa shape index (κ2) is 6.40. The van der Waals surface area contributed by atoms with Crippen LogP contribution in [0.25, 0.3) is 5.69 Å². The summed E-state index contributed by atoms with van der Waals surface area (Å²) < 4.78 is 6.94. The van der Waals surface area contributed by atoms with E-state index in [1.165, 1.54) is 4.90 Å². The van der Waals surface area contributed by atoms with E-state index in [2.05, 4.69) is 25.6 Å². The van der Waals surface area contributed by atoms with Crippen LogP contribution in [0.1, 0.15) is 11.5 Å². The number of rotatable bonds is 4. The Bertz CT molecular complexity index is 790. The number of benzene rings is 1. The maximum atomic E-state index is 5.15. The van der Waals surface area contributed by atoms with Crippen LogP contribution in [0.4, 0.5) is 5.95 Å². The van der Waals surface area contributed by atoms with Crippen LogP contribution in [-0.2, 0) is 6.54 Å². The number of piperazine rings is 1. The lowest BCUT2D eigenvalue weighted by atomic mass is 10.3. The highest BCUT2D eigenvalue weighted by Gasteiger charge is 2.25. The van der Waals surface area contributed by atoms with Crippen LogP contribution < -0.4 is 9.80 Å². The van der Waals surface area contributed by atoms with Gasteiger partial charge in [-0.1, -0.05) is 28.5 Å². The molecule has 1 aromatic carbocycles. The van der Waals surface area contributed by atoms with Gasteiger partial charge in [-0.3, -0.25) is 0 Å². The summed E-state index contributed by atoms with van der Waals surface area (Å²) in [5, 5.41) is 16.3. The van der Waals surface area contributed by atoms with Gasteiger partial charge in [0.25, 0.3) is 5.95 Å². The highest BCUT2D eigenvalue weighted by molar-refractivity contribution is 5.40. The third-order valence-electron chi connectivity index (χ3n) is 4.32. The summed E-state index contributed by atoms with van der Waals surface area (Å²) in [4.78, 5) is 3.74. The Labute approximate surface area is 139 Å². The minimum absolute atomic E-state index is 0.803. The molecular formula is C16H20N7O+. The molecule has 0 bridgehead atoms. The fourth-order valence-electron chi connectivity index (χ4n) is 3.07. The van der Waals surface area contributed by atoms with E-state index in [4.69, 9.17) is 4.52 Å². The number of hydrogen-bond acceptors (Lipinski definition) is 6. The van der Waals surface area contributed by atoms with Crippen LogP contribution in [0.15, 0.2) is 40.9 Å². The molecule has 8 nitrogen and oxygen atoms in total. The number of aryl methyl sites for hydroxylation is 1. The zero-order valence-electron chi connectivity index (χ0n) is 13.6. The van der Waals surface area contributed by atoms with E-state index in [0.29, 0.717) is 0 Å². The first-order valence-corrected chi connectivity index (χ1v) is 8.14. The predicted octanol–water partition coefficient (Wildman–Crippen LogP) is -0.136. The van der Waals surface area contributed by atoms with Crippen molar-refractivity contribution in [1.82, 2.24) is 25.4 Å². The zero-order valence-corrected chi connectivity index (χ0v) is 13.6. The Morgan fingerprint density at radius 1 is 1.17 bits per heavy atom. The Balaban J connectivity index is 1.42. The number of para-hydroxylation sites is 1. The summed E-state index contributed by atoms with van der Waals surface area (Å²) >= 11 is 0. The molecule has 1 aliphatic heterocycles. The molecule has 8 heteroatoms. The third-order valence-corrected chi connectivity index (χ3v) is 4.32. The van der Waals surface area contributed by atoms with Crippen LogP contribution in [-0.4, -0.2) is 51.5 Å². The molecule has 0 aliphatic carbocycles. The standard InChI is InChI=1S/C16H19N7O/c1-13-11-14(18-24-13)12-21-7-9-22(10-8-21)16-17-19-20-23(16)15-5-3-2-4-6-15/h2-6,11H,7-10,12H2,1H3/p+1. The van der Waals surface area contributed by atoms with E-state index in [-0.39, 0.29) is 0 Å². The van der Waals surface area contributed by atoms with Crippen molar-refractivity contribution in [3.8, 4) is 5.69 Å². The highest BCUT2D eigenvalue weighted by atomic mass is 16.5. The Kier molecular flexibility index (Phi) is 3.96. The molecule has 0 spiro atoms. The Hall–Kier alpha value is -2.74. The lowest BCUT2D eigenvalue weighted by molar-refractivity contribution is -0.914. The van der Waals surface area contributed by atoms with Crippen LogP contribution >= 0.6 is 0 Å². The van der Waals surface area contributed by atoms with Crippen molar-refractivity contribution < 1.29 is 9.42 Å². The molecule has 1 fully saturated rings. The summed E-state index contributed by atoms with van der Waals surface area (Å²) in [6.45, 7) is 6.70. The van der Waals surface area contributed by atoms with E-state index in [1.807, 2.05) is 43.3 Å². The van der Waals surface area contributed by atoms with Gasteiger partial charge in [-0.2, -0.15) is 4.68 Å². The van der Waals surface area contributed by atoms with Gasteiger partial charge >= 0.3 is 0 Å². The molecule has 0 unspecified atom stereocenters. The minimum atomic E-state index is 0.803. The van der Waals surface area contributed by atoms with Crippen molar-refractivity contribution in [2.24, 2.45) is 0 Å². The average molecular weight is 326 g/mol. The number of quaternary nitrogens is 1. The molecule has 124 valence electrons. The fourth-order valence-corrected chi connectivity index (χ4v) is 3.07. The molecular weight excluding hydrogens is 306 g/mol. The van der Waals surface area contributed by atoms with Gasteiger partial charge in [0.15, 0.2) is 0 Å². The first-order valence-electron chi connectivity index (χ1n) is 8.14. The van der Waals surface area contributed by atoms with Gasteiger partial charge in [0.05, 0.1) is 31.9 Å². The predicted molar refractivity (Wildman–Crippen MR) is 87.0 cm³/mol. The highest BCUT2D eigenvalue weighted by Crippen LogP contribution is 2.15. The zero-order chi connectivity index (χ0) is 16.4. The van der Waals surface area contributed by atoms with Gasteiger partial charge in [-0.15, -0.1) is 0 Å². The molecule has 1 aliphatic rings. The number of nitrogens with one attached hydrogen (secondary N) is 1. The molecule has 0 atom stereocenters. The summed E-state index contributed by atoms with van der Waals surface area (Å²) in [6, 6.07) is 12.0. The van der Waals surface area contributed by atoms with Gasteiger partial charge in [0.1, 0.15) is 18.0 Å². The molecule has 4 rings (SSSR count). The average Bonchev–Trinajstić information content (AvgIpc) is 3.26. The first kappa shape index (κ1) is 14.8. The Morgan fingerprint density at radius 3 is 2.67 bits per heavy atom. The van der Waals surface area contributed by atoms with Gasteiger partial charge in [0.2, 0.25) is 0 Å². The Morgan fingerprint density at radius 2 is 1.96 bits per heavy atom. The number of aromatic nitrogens is 5. The normalized spacial score (nSPS) is 15.8. The van der Waals surface area contributed by atoms with Crippen LogP contribution in [0, 0.1) is 6.92 Å². The quantitative estimate of drug-likeness (QED) is 0.719. The van der Waals surface area contributed by atoms with E-state index in [1.54, 1.807) is 4.68 Å². The van der Waals surface area contributed by atoms with Crippen LogP contribution in [0.3, 0.4) is 0 Å². The second-order valence-corrected chi connectivity index (χ2v) is 6.07. The molecule has 3 aromatic rings. The lowest BCUT2D eigenvalue weighted by Crippen LogP contribution is -3.13. The molecule has 0 radical (unpaired) electrons. The monoisotopic (exact) mass is 326 g/mol. The maximum absolute atomic E-state index is 5.15. The lowest BCUT2D eigenvalue weighted by Gasteiger charge is -2.31. The molecule has 24 heavy (non-hydrogen) atoms. The minimum Gasteiger partial charge on any atom is -0.361 e. The SMILES string of the molecule is Cc1cc(C[NH+]2CCN(c3nnnn3-c3ccccc3)CC2)no1. The number of hydrogen-bond donors (Lipinski definition) is 1. The fraction of sp³-hybridized carbons (Fsp3) is 0.375. The summed E-state index contributed by atoms with van der Waals surface area (Å²) in [5.74, 6) is 1.67. The molecule has 3 heterocycles. The van der Waals surface area contributed by atoms with Gasteiger partial charge in [-0.25, -0.2) is 0 Å². The second-order valence-electron chi connectivity index (χ2n) is 6.07. The van der Waals surface area contributed by atoms with Crippen molar-refractivity contribution in [2.75, 3.05) is 31.1 Å². The number of nitrogens with zero attached hydrogens (tertiary/aromatic N) is 6. The maximum Gasteiger partial charge on any atom is 0.250 e. The number of tetrazole rings is 1. The van der Waals surface area contributed by atoms with E-state index >= 15 is 0 Å². The largest absolute Gasteiger partial charge is 0.361 e. The van der Waals surface area contributed by atoms with Gasteiger partial charge in [0, 0.05) is 6.07 Å². The van der Waals surface area contributed by atoms with Crippen molar-refractivity contribution in [3.05, 3.63) is 47.9 Å². The van der Waals surface area contributed by atoms with Crippen molar-refractivity contribution >= 4 is 5.95 Å². The molecule has 1 N–H and O–H groups in total. The van der Waals surface area contributed by atoms with Crippen LogP contribution in [0.5, 0.6) is 0 Å². The van der Waals surface area contributed by atoms with E-state index in [0.717, 1.165) is 55.8 Å². The number of anilines is 1. The van der Waals surface area contributed by atoms with Crippen LogP contribution in [0.2, 0.25) is 0 Å². The van der Waals surface area contributed by atoms with Gasteiger partial charge in [-0.05, 0) is 29.5 Å².